The highest BCUT2D eigenvalue weighted by Crippen LogP contribution is 2.24. The summed E-state index contributed by atoms with van der Waals surface area (Å²) in [5.74, 6) is 0.509. The maximum atomic E-state index is 7.24. The highest BCUT2D eigenvalue weighted by atomic mass is 35.5. The summed E-state index contributed by atoms with van der Waals surface area (Å²) in [6.45, 7) is -1.87. The van der Waals surface area contributed by atoms with Crippen LogP contribution in [0.2, 0.25) is 5.02 Å². The molecule has 0 bridgehead atoms. The zero-order valence-electron chi connectivity index (χ0n) is 8.10. The van der Waals surface area contributed by atoms with Crippen LogP contribution in [0.3, 0.4) is 0 Å². The normalized spacial score (nSPS) is 13.7. The van der Waals surface area contributed by atoms with Crippen molar-refractivity contribution in [1.29, 1.82) is 0 Å². The molecule has 0 aliphatic heterocycles. The van der Waals surface area contributed by atoms with Gasteiger partial charge in [-0.2, -0.15) is 0 Å². The van der Waals surface area contributed by atoms with Crippen LogP contribution in [0.1, 0.15) is 8.30 Å². The Kier molecular flexibility index (Phi) is 1.92. The van der Waals surface area contributed by atoms with E-state index in [4.69, 9.17) is 24.8 Å². The molecule has 2 nitrogen and oxygen atoms in total. The molecular formula is C8H10ClNO. The molecule has 0 heterocycles. The van der Waals surface area contributed by atoms with Gasteiger partial charge in [0.2, 0.25) is 0 Å². The molecule has 0 spiro atoms. The van der Waals surface area contributed by atoms with Crippen LogP contribution in [-0.2, 0) is 6.50 Å². The van der Waals surface area contributed by atoms with E-state index < -0.39 is 6.50 Å². The van der Waals surface area contributed by atoms with Crippen molar-refractivity contribution in [3.8, 4) is 5.75 Å². The third-order valence-electron chi connectivity index (χ3n) is 1.32. The van der Waals surface area contributed by atoms with E-state index in [1.165, 1.54) is 13.2 Å². The number of hydrogen-bond acceptors (Lipinski definition) is 2. The fraction of sp³-hybridized carbons (Fsp3) is 0.250. The third kappa shape index (κ3) is 1.85. The van der Waals surface area contributed by atoms with Crippen LogP contribution >= 0.6 is 11.6 Å². The maximum absolute atomic E-state index is 7.24. The van der Waals surface area contributed by atoms with E-state index in [1.54, 1.807) is 12.1 Å². The second kappa shape index (κ2) is 3.60. The van der Waals surface area contributed by atoms with E-state index in [9.17, 15) is 0 Å². The highest BCUT2D eigenvalue weighted by molar-refractivity contribution is 6.32. The van der Waals surface area contributed by atoms with Gasteiger partial charge in [-0.15, -0.1) is 0 Å². The second-order valence-electron chi connectivity index (χ2n) is 1.99. The summed E-state index contributed by atoms with van der Waals surface area (Å²) >= 11 is 5.79. The minimum atomic E-state index is -1.87. The molecule has 0 aliphatic rings. The number of halogens is 1. The van der Waals surface area contributed by atoms with Crippen molar-refractivity contribution in [1.82, 2.24) is 0 Å². The SMILES string of the molecule is [2H]C([2H])(N)c1ccc(OC)c(Cl)c1. The van der Waals surface area contributed by atoms with E-state index in [0.29, 0.717) is 16.3 Å². The van der Waals surface area contributed by atoms with Crippen molar-refractivity contribution in [2.45, 2.75) is 6.50 Å². The van der Waals surface area contributed by atoms with E-state index in [0.717, 1.165) is 0 Å². The molecule has 0 aliphatic carbocycles. The molecule has 1 rings (SSSR count). The zero-order chi connectivity index (χ0) is 10.1. The van der Waals surface area contributed by atoms with Gasteiger partial charge >= 0.3 is 0 Å². The maximum Gasteiger partial charge on any atom is 0.137 e. The first-order valence-electron chi connectivity index (χ1n) is 4.08. The number of hydrogen-bond donors (Lipinski definition) is 1. The minimum Gasteiger partial charge on any atom is -0.495 e. The quantitative estimate of drug-likeness (QED) is 0.741. The second-order valence-corrected chi connectivity index (χ2v) is 2.40. The fourth-order valence-electron chi connectivity index (χ4n) is 0.756. The van der Waals surface area contributed by atoms with E-state index in [1.807, 2.05) is 0 Å². The van der Waals surface area contributed by atoms with Crippen molar-refractivity contribution in [2.75, 3.05) is 7.11 Å². The molecule has 0 amide bonds. The molecule has 0 fully saturated rings. The third-order valence-corrected chi connectivity index (χ3v) is 1.61. The monoisotopic (exact) mass is 173 g/mol. The standard InChI is InChI=1S/C8H10ClNO/c1-11-8-3-2-6(5-10)4-7(8)9/h2-4H,5,10H2,1H3/i5D2. The van der Waals surface area contributed by atoms with Crippen molar-refractivity contribution < 1.29 is 7.48 Å². The molecule has 11 heavy (non-hydrogen) atoms. The molecule has 0 saturated heterocycles. The van der Waals surface area contributed by atoms with Gasteiger partial charge < -0.3 is 10.5 Å². The Morgan fingerprint density at radius 3 is 2.91 bits per heavy atom. The van der Waals surface area contributed by atoms with Gasteiger partial charge in [0.15, 0.2) is 0 Å². The lowest BCUT2D eigenvalue weighted by atomic mass is 10.2. The predicted octanol–water partition coefficient (Wildman–Crippen LogP) is 1.81. The van der Waals surface area contributed by atoms with Crippen LogP contribution in [-0.4, -0.2) is 7.11 Å². The number of nitrogens with two attached hydrogens (primary N) is 1. The molecule has 0 atom stereocenters. The van der Waals surface area contributed by atoms with Gasteiger partial charge in [-0.3, -0.25) is 0 Å². The summed E-state index contributed by atoms with van der Waals surface area (Å²) in [5, 5.41) is 0.356. The Balaban J connectivity index is 3.10. The minimum absolute atomic E-state index is 0.332. The average Bonchev–Trinajstić information content (AvgIpc) is 2.02. The van der Waals surface area contributed by atoms with Gasteiger partial charge in [-0.25, -0.2) is 0 Å². The summed E-state index contributed by atoms with van der Waals surface area (Å²) < 4.78 is 19.4. The van der Waals surface area contributed by atoms with Crippen molar-refractivity contribution in [2.24, 2.45) is 5.73 Å². The zero-order valence-corrected chi connectivity index (χ0v) is 6.85. The summed E-state index contributed by atoms with van der Waals surface area (Å²) in [4.78, 5) is 0. The van der Waals surface area contributed by atoms with Gasteiger partial charge in [-0.05, 0) is 17.7 Å². The molecule has 1 aromatic carbocycles. The van der Waals surface area contributed by atoms with Crippen LogP contribution in [0.15, 0.2) is 18.2 Å². The molecular weight excluding hydrogens is 162 g/mol. The van der Waals surface area contributed by atoms with E-state index in [2.05, 4.69) is 0 Å². The molecule has 1 aromatic rings. The largest absolute Gasteiger partial charge is 0.495 e. The summed E-state index contributed by atoms with van der Waals surface area (Å²) in [6, 6.07) is 4.59. The van der Waals surface area contributed by atoms with E-state index in [-0.39, 0.29) is 0 Å². The Bertz CT molecular complexity index is 312. The summed E-state index contributed by atoms with van der Waals surface area (Å²) in [7, 11) is 1.50. The highest BCUT2D eigenvalue weighted by Gasteiger charge is 1.99. The van der Waals surface area contributed by atoms with Gasteiger partial charge in [-0.1, -0.05) is 17.7 Å². The van der Waals surface area contributed by atoms with Crippen molar-refractivity contribution in [3.63, 3.8) is 0 Å². The molecule has 0 aromatic heterocycles. The smallest absolute Gasteiger partial charge is 0.137 e. The first-order chi connectivity index (χ1) is 5.95. The lowest BCUT2D eigenvalue weighted by molar-refractivity contribution is 0.415. The number of rotatable bonds is 2. The van der Waals surface area contributed by atoms with Crippen LogP contribution in [0.4, 0.5) is 0 Å². The van der Waals surface area contributed by atoms with Crippen LogP contribution in [0.5, 0.6) is 5.75 Å². The van der Waals surface area contributed by atoms with E-state index >= 15 is 0 Å². The average molecular weight is 174 g/mol. The molecule has 60 valence electrons. The number of ether oxygens (including phenoxy) is 1. The van der Waals surface area contributed by atoms with Crippen LogP contribution in [0, 0.1) is 0 Å². The molecule has 3 heteroatoms. The summed E-state index contributed by atoms with van der Waals surface area (Å²) in [5.41, 5.74) is 5.58. The lowest BCUT2D eigenvalue weighted by Crippen LogP contribution is -1.96. The Labute approximate surface area is 73.7 Å². The van der Waals surface area contributed by atoms with Gasteiger partial charge in [0.25, 0.3) is 0 Å². The van der Waals surface area contributed by atoms with Gasteiger partial charge in [0.1, 0.15) is 5.75 Å². The molecule has 0 saturated carbocycles. The Hall–Kier alpha value is -0.730. The fourth-order valence-corrected chi connectivity index (χ4v) is 1.01. The van der Waals surface area contributed by atoms with Crippen molar-refractivity contribution in [3.05, 3.63) is 28.8 Å². The lowest BCUT2D eigenvalue weighted by Gasteiger charge is -2.03. The van der Waals surface area contributed by atoms with Crippen molar-refractivity contribution >= 4 is 11.6 Å². The first kappa shape index (κ1) is 5.86. The van der Waals surface area contributed by atoms with Crippen LogP contribution in [0.25, 0.3) is 0 Å². The molecule has 0 unspecified atom stereocenters. The Morgan fingerprint density at radius 1 is 1.73 bits per heavy atom. The number of benzene rings is 1. The topological polar surface area (TPSA) is 35.2 Å². The summed E-state index contributed by atoms with van der Waals surface area (Å²) in [6.07, 6.45) is 0. The predicted molar refractivity (Wildman–Crippen MR) is 45.9 cm³/mol. The number of methoxy groups -OCH3 is 1. The molecule has 0 radical (unpaired) electrons. The van der Waals surface area contributed by atoms with Gasteiger partial charge in [0, 0.05) is 9.24 Å². The first-order valence-corrected chi connectivity index (χ1v) is 3.46. The Morgan fingerprint density at radius 2 is 2.45 bits per heavy atom. The molecule has 2 N–H and O–H groups in total. The van der Waals surface area contributed by atoms with Crippen LogP contribution < -0.4 is 10.5 Å². The van der Waals surface area contributed by atoms with Gasteiger partial charge in [0.05, 0.1) is 12.1 Å².